The Kier molecular flexibility index (Phi) is 4.57. The van der Waals surface area contributed by atoms with Gasteiger partial charge in [0, 0.05) is 13.0 Å². The summed E-state index contributed by atoms with van der Waals surface area (Å²) < 4.78 is 21.7. The fourth-order valence-electron chi connectivity index (χ4n) is 2.80. The largest absolute Gasteiger partial charge is 0.489 e. The highest BCUT2D eigenvalue weighted by Crippen LogP contribution is 2.23. The fourth-order valence-corrected chi connectivity index (χ4v) is 2.80. The van der Waals surface area contributed by atoms with Crippen LogP contribution in [0.1, 0.15) is 33.3 Å². The summed E-state index contributed by atoms with van der Waals surface area (Å²) >= 11 is 0. The number of esters is 1. The molecule has 0 atom stereocenters. The maximum Gasteiger partial charge on any atom is 0.343 e. The molecule has 0 unspecified atom stereocenters. The van der Waals surface area contributed by atoms with E-state index in [9.17, 15) is 4.79 Å². The smallest absolute Gasteiger partial charge is 0.343 e. The Bertz CT molecular complexity index is 1120. The number of benzene rings is 2. The first kappa shape index (κ1) is 17.8. The van der Waals surface area contributed by atoms with Gasteiger partial charge in [0.2, 0.25) is 0 Å². The van der Waals surface area contributed by atoms with Gasteiger partial charge < -0.3 is 18.4 Å². The van der Waals surface area contributed by atoms with Crippen LogP contribution in [-0.4, -0.2) is 16.1 Å². The highest BCUT2D eigenvalue weighted by molar-refractivity contribution is 5.91. The molecule has 0 radical (unpaired) electrons. The van der Waals surface area contributed by atoms with Crippen LogP contribution in [0.2, 0.25) is 0 Å². The van der Waals surface area contributed by atoms with Gasteiger partial charge in [-0.3, -0.25) is 0 Å². The van der Waals surface area contributed by atoms with Gasteiger partial charge in [-0.15, -0.1) is 0 Å². The maximum absolute atomic E-state index is 12.4. The van der Waals surface area contributed by atoms with Gasteiger partial charge in [-0.25, -0.2) is 9.78 Å². The third kappa shape index (κ3) is 3.59. The molecule has 0 amide bonds. The molecule has 0 aliphatic rings. The lowest BCUT2D eigenvalue weighted by atomic mass is 10.2. The van der Waals surface area contributed by atoms with Crippen molar-refractivity contribution in [2.75, 3.05) is 0 Å². The average Bonchev–Trinajstić information content (AvgIpc) is 3.21. The van der Waals surface area contributed by atoms with E-state index in [1.807, 2.05) is 13.8 Å². The van der Waals surface area contributed by atoms with Gasteiger partial charge in [-0.2, -0.15) is 0 Å². The van der Waals surface area contributed by atoms with Crippen molar-refractivity contribution in [1.29, 1.82) is 0 Å². The molecule has 0 aliphatic heterocycles. The zero-order chi connectivity index (χ0) is 19.7. The summed E-state index contributed by atoms with van der Waals surface area (Å²) in [5, 5.41) is 3.90. The first-order chi connectivity index (χ1) is 13.5. The Morgan fingerprint density at radius 3 is 2.50 bits per heavy atom. The number of aromatic nitrogens is 2. The molecule has 2 aromatic carbocycles. The maximum atomic E-state index is 12.4. The molecule has 0 fully saturated rings. The second kappa shape index (κ2) is 7.19. The lowest BCUT2D eigenvalue weighted by Gasteiger charge is -2.07. The number of aryl methyl sites for hydroxylation is 3. The van der Waals surface area contributed by atoms with Crippen molar-refractivity contribution in [3.63, 3.8) is 0 Å². The third-order valence-electron chi connectivity index (χ3n) is 4.33. The summed E-state index contributed by atoms with van der Waals surface area (Å²) in [6.45, 7) is 5.82. The molecular formula is C21H18N2O5. The molecule has 7 nitrogen and oxygen atoms in total. The summed E-state index contributed by atoms with van der Waals surface area (Å²) in [6.07, 6.45) is 0. The molecule has 0 N–H and O–H groups in total. The van der Waals surface area contributed by atoms with Gasteiger partial charge in [0.25, 0.3) is 0 Å². The highest BCUT2D eigenvalue weighted by atomic mass is 16.5. The number of carbonyl (C=O) groups is 1. The Morgan fingerprint density at radius 2 is 1.79 bits per heavy atom. The molecule has 4 aromatic rings. The summed E-state index contributed by atoms with van der Waals surface area (Å²) in [6, 6.07) is 11.8. The van der Waals surface area contributed by atoms with Crippen molar-refractivity contribution in [1.82, 2.24) is 10.1 Å². The second-order valence-corrected chi connectivity index (χ2v) is 6.37. The number of hydrogen-bond donors (Lipinski definition) is 0. The van der Waals surface area contributed by atoms with E-state index in [-0.39, 0.29) is 0 Å². The molecule has 142 valence electrons. The minimum absolute atomic E-state index is 0.349. The van der Waals surface area contributed by atoms with E-state index in [1.165, 1.54) is 0 Å². The number of rotatable bonds is 5. The normalized spacial score (nSPS) is 11.0. The first-order valence-corrected chi connectivity index (χ1v) is 8.73. The van der Waals surface area contributed by atoms with Gasteiger partial charge in [0.15, 0.2) is 11.5 Å². The SMILES string of the molecule is Cc1nc2ccc(OC(=O)c3ccc(OCc4c(C)noc4C)cc3)cc2o1. The molecule has 28 heavy (non-hydrogen) atoms. The van der Waals surface area contributed by atoms with Gasteiger partial charge in [-0.05, 0) is 50.2 Å². The zero-order valence-corrected chi connectivity index (χ0v) is 15.7. The van der Waals surface area contributed by atoms with Crippen molar-refractivity contribution in [3.8, 4) is 11.5 Å². The Balaban J connectivity index is 1.41. The number of nitrogens with zero attached hydrogens (tertiary/aromatic N) is 2. The van der Waals surface area contributed by atoms with Crippen LogP contribution in [0, 0.1) is 20.8 Å². The first-order valence-electron chi connectivity index (χ1n) is 8.73. The standard InChI is InChI=1S/C21H18N2O5/c1-12-18(13(2)28-23-12)11-25-16-6-4-15(5-7-16)21(24)27-17-8-9-19-20(10-17)26-14(3)22-19/h4-10H,11H2,1-3H3. The van der Waals surface area contributed by atoms with E-state index in [2.05, 4.69) is 10.1 Å². The zero-order valence-electron chi connectivity index (χ0n) is 15.7. The minimum Gasteiger partial charge on any atom is -0.489 e. The van der Waals surface area contributed by atoms with E-state index in [1.54, 1.807) is 49.4 Å². The lowest BCUT2D eigenvalue weighted by Crippen LogP contribution is -2.08. The quantitative estimate of drug-likeness (QED) is 0.372. The molecule has 7 heteroatoms. The molecule has 0 saturated heterocycles. The van der Waals surface area contributed by atoms with Crippen molar-refractivity contribution in [3.05, 3.63) is 70.9 Å². The van der Waals surface area contributed by atoms with Gasteiger partial charge >= 0.3 is 5.97 Å². The lowest BCUT2D eigenvalue weighted by molar-refractivity contribution is 0.0735. The van der Waals surface area contributed by atoms with Crippen LogP contribution >= 0.6 is 0 Å². The number of oxazole rings is 1. The second-order valence-electron chi connectivity index (χ2n) is 6.37. The third-order valence-corrected chi connectivity index (χ3v) is 4.33. The van der Waals surface area contributed by atoms with E-state index in [0.29, 0.717) is 35.1 Å². The van der Waals surface area contributed by atoms with Crippen LogP contribution in [0.3, 0.4) is 0 Å². The fraction of sp³-hybridized carbons (Fsp3) is 0.190. The molecule has 0 aliphatic carbocycles. The number of hydrogen-bond acceptors (Lipinski definition) is 7. The van der Waals surface area contributed by atoms with Gasteiger partial charge in [-0.1, -0.05) is 5.16 Å². The Hall–Kier alpha value is -3.61. The Morgan fingerprint density at radius 1 is 1.04 bits per heavy atom. The molecule has 0 saturated carbocycles. The summed E-state index contributed by atoms with van der Waals surface area (Å²) in [5.41, 5.74) is 3.43. The van der Waals surface area contributed by atoms with E-state index in [0.717, 1.165) is 22.5 Å². The van der Waals surface area contributed by atoms with Crippen LogP contribution in [0.5, 0.6) is 11.5 Å². The summed E-state index contributed by atoms with van der Waals surface area (Å²) in [7, 11) is 0. The molecular weight excluding hydrogens is 360 g/mol. The van der Waals surface area contributed by atoms with Gasteiger partial charge in [0.1, 0.15) is 29.4 Å². The molecule has 4 rings (SSSR count). The topological polar surface area (TPSA) is 87.6 Å². The highest BCUT2D eigenvalue weighted by Gasteiger charge is 2.12. The molecule has 0 bridgehead atoms. The van der Waals surface area contributed by atoms with Crippen LogP contribution in [0.25, 0.3) is 11.1 Å². The van der Waals surface area contributed by atoms with Crippen LogP contribution in [0.4, 0.5) is 0 Å². The van der Waals surface area contributed by atoms with E-state index in [4.69, 9.17) is 18.4 Å². The molecule has 2 aromatic heterocycles. The van der Waals surface area contributed by atoms with Crippen LogP contribution in [-0.2, 0) is 6.61 Å². The van der Waals surface area contributed by atoms with Gasteiger partial charge in [0.05, 0.1) is 16.8 Å². The van der Waals surface area contributed by atoms with Crippen LogP contribution < -0.4 is 9.47 Å². The van der Waals surface area contributed by atoms with E-state index < -0.39 is 5.97 Å². The van der Waals surface area contributed by atoms with Crippen molar-refractivity contribution in [2.45, 2.75) is 27.4 Å². The predicted molar refractivity (Wildman–Crippen MR) is 100 cm³/mol. The molecule has 0 spiro atoms. The van der Waals surface area contributed by atoms with Crippen molar-refractivity contribution >= 4 is 17.1 Å². The summed E-state index contributed by atoms with van der Waals surface area (Å²) in [4.78, 5) is 16.6. The molecule has 2 heterocycles. The van der Waals surface area contributed by atoms with Crippen molar-refractivity contribution in [2.24, 2.45) is 0 Å². The average molecular weight is 378 g/mol. The number of fused-ring (bicyclic) bond motifs is 1. The van der Waals surface area contributed by atoms with Crippen molar-refractivity contribution < 1.29 is 23.2 Å². The van der Waals surface area contributed by atoms with Crippen LogP contribution in [0.15, 0.2) is 51.4 Å². The predicted octanol–water partition coefficient (Wildman–Crippen LogP) is 4.54. The monoisotopic (exact) mass is 378 g/mol. The van der Waals surface area contributed by atoms with E-state index >= 15 is 0 Å². The minimum atomic E-state index is -0.465. The Labute approximate surface area is 160 Å². The number of carbonyl (C=O) groups excluding carboxylic acids is 1. The summed E-state index contributed by atoms with van der Waals surface area (Å²) in [5.74, 6) is 1.86. The number of ether oxygens (including phenoxy) is 2.